The minimum Gasteiger partial charge on any atom is -0.358 e. The van der Waals surface area contributed by atoms with Gasteiger partial charge in [-0.25, -0.2) is 0 Å². The van der Waals surface area contributed by atoms with Crippen molar-refractivity contribution >= 4 is 22.3 Å². The Morgan fingerprint density at radius 2 is 2.04 bits per heavy atom. The second kappa shape index (κ2) is 5.82. The molecule has 1 aliphatic heterocycles. The lowest BCUT2D eigenvalue weighted by molar-refractivity contribution is 0.798. The van der Waals surface area contributed by atoms with Crippen molar-refractivity contribution in [2.24, 2.45) is 0 Å². The van der Waals surface area contributed by atoms with Crippen LogP contribution < -0.4 is 4.90 Å². The molecule has 0 saturated heterocycles. The molecule has 0 unspecified atom stereocenters. The first-order valence-corrected chi connectivity index (χ1v) is 8.02. The Balaban J connectivity index is 1.62. The predicted octanol–water partition coefficient (Wildman–Crippen LogP) is 3.43. The molecular formula is C19H17N5. The Bertz CT molecular complexity index is 960. The first kappa shape index (κ1) is 14.5. The van der Waals surface area contributed by atoms with Crippen LogP contribution in [0.3, 0.4) is 0 Å². The SMILES string of the molecule is Cc1[nH]c2ccccc2c1C1=CCN(c2ccc(C#N)nn2)CC1. The van der Waals surface area contributed by atoms with Gasteiger partial charge in [0, 0.05) is 35.2 Å². The highest BCUT2D eigenvalue weighted by molar-refractivity contribution is 5.94. The van der Waals surface area contributed by atoms with Gasteiger partial charge in [0.1, 0.15) is 6.07 Å². The van der Waals surface area contributed by atoms with Gasteiger partial charge in [0.15, 0.2) is 11.5 Å². The molecule has 0 saturated carbocycles. The quantitative estimate of drug-likeness (QED) is 0.786. The molecule has 3 aromatic rings. The largest absolute Gasteiger partial charge is 0.358 e. The zero-order chi connectivity index (χ0) is 16.5. The van der Waals surface area contributed by atoms with E-state index in [1.54, 1.807) is 6.07 Å². The number of nitrogens with one attached hydrogen (secondary N) is 1. The van der Waals surface area contributed by atoms with Gasteiger partial charge in [0.05, 0.1) is 0 Å². The van der Waals surface area contributed by atoms with Crippen LogP contribution >= 0.6 is 0 Å². The second-order valence-electron chi connectivity index (χ2n) is 5.98. The van der Waals surface area contributed by atoms with Crippen molar-refractivity contribution in [1.82, 2.24) is 15.2 Å². The molecule has 3 heterocycles. The number of rotatable bonds is 2. The Labute approximate surface area is 140 Å². The van der Waals surface area contributed by atoms with Crippen molar-refractivity contribution in [3.8, 4) is 6.07 Å². The molecule has 0 bridgehead atoms. The number of aromatic amines is 1. The molecule has 1 aromatic carbocycles. The Morgan fingerprint density at radius 3 is 2.75 bits per heavy atom. The number of benzene rings is 1. The first-order chi connectivity index (χ1) is 11.8. The topological polar surface area (TPSA) is 68.6 Å². The van der Waals surface area contributed by atoms with E-state index in [1.807, 2.05) is 12.1 Å². The zero-order valence-corrected chi connectivity index (χ0v) is 13.5. The molecule has 5 nitrogen and oxygen atoms in total. The number of fused-ring (bicyclic) bond motifs is 1. The maximum atomic E-state index is 8.81. The average Bonchev–Trinajstić information content (AvgIpc) is 2.98. The molecule has 0 aliphatic carbocycles. The average molecular weight is 315 g/mol. The van der Waals surface area contributed by atoms with Crippen LogP contribution in [0.4, 0.5) is 5.82 Å². The molecule has 1 N–H and O–H groups in total. The maximum absolute atomic E-state index is 8.81. The number of para-hydroxylation sites is 1. The normalized spacial score (nSPS) is 14.5. The summed E-state index contributed by atoms with van der Waals surface area (Å²) in [6.07, 6.45) is 3.23. The first-order valence-electron chi connectivity index (χ1n) is 8.02. The molecule has 118 valence electrons. The van der Waals surface area contributed by atoms with Crippen molar-refractivity contribution in [2.75, 3.05) is 18.0 Å². The highest BCUT2D eigenvalue weighted by Crippen LogP contribution is 2.32. The number of anilines is 1. The van der Waals surface area contributed by atoms with E-state index < -0.39 is 0 Å². The van der Waals surface area contributed by atoms with Gasteiger partial charge in [-0.2, -0.15) is 5.26 Å². The maximum Gasteiger partial charge on any atom is 0.163 e. The highest BCUT2D eigenvalue weighted by atomic mass is 15.3. The van der Waals surface area contributed by atoms with E-state index in [4.69, 9.17) is 5.26 Å². The van der Waals surface area contributed by atoms with E-state index in [0.29, 0.717) is 5.69 Å². The molecule has 0 radical (unpaired) electrons. The lowest BCUT2D eigenvalue weighted by Gasteiger charge is -2.27. The summed E-state index contributed by atoms with van der Waals surface area (Å²) in [6.45, 7) is 3.83. The molecule has 24 heavy (non-hydrogen) atoms. The number of nitriles is 1. The van der Waals surface area contributed by atoms with E-state index in [9.17, 15) is 0 Å². The van der Waals surface area contributed by atoms with Crippen molar-refractivity contribution in [1.29, 1.82) is 5.26 Å². The van der Waals surface area contributed by atoms with E-state index in [2.05, 4.69) is 57.3 Å². The van der Waals surface area contributed by atoms with Crippen LogP contribution in [0.5, 0.6) is 0 Å². The van der Waals surface area contributed by atoms with Crippen LogP contribution in [-0.2, 0) is 0 Å². The number of aromatic nitrogens is 3. The fourth-order valence-corrected chi connectivity index (χ4v) is 3.35. The van der Waals surface area contributed by atoms with Gasteiger partial charge in [-0.3, -0.25) is 0 Å². The fourth-order valence-electron chi connectivity index (χ4n) is 3.35. The van der Waals surface area contributed by atoms with Gasteiger partial charge in [-0.1, -0.05) is 24.3 Å². The van der Waals surface area contributed by atoms with Gasteiger partial charge in [0.25, 0.3) is 0 Å². The lowest BCUT2D eigenvalue weighted by atomic mass is 9.97. The van der Waals surface area contributed by atoms with Crippen LogP contribution in [0.15, 0.2) is 42.5 Å². The molecule has 0 spiro atoms. The second-order valence-corrected chi connectivity index (χ2v) is 5.98. The van der Waals surface area contributed by atoms with Gasteiger partial charge in [-0.05, 0) is 37.1 Å². The summed E-state index contributed by atoms with van der Waals surface area (Å²) in [7, 11) is 0. The molecule has 1 aliphatic rings. The molecule has 0 atom stereocenters. The smallest absolute Gasteiger partial charge is 0.163 e. The van der Waals surface area contributed by atoms with E-state index >= 15 is 0 Å². The molecular weight excluding hydrogens is 298 g/mol. The standard InChI is InChI=1S/C19H17N5/c1-13-19(16-4-2-3-5-17(16)21-13)14-8-10-24(11-9-14)18-7-6-15(12-20)22-23-18/h2-8,21H,9-11H2,1H3. The van der Waals surface area contributed by atoms with Gasteiger partial charge >= 0.3 is 0 Å². The fraction of sp³-hybridized carbons (Fsp3) is 0.211. The van der Waals surface area contributed by atoms with Crippen molar-refractivity contribution in [3.05, 3.63) is 59.4 Å². The molecule has 5 heteroatoms. The van der Waals surface area contributed by atoms with E-state index in [-0.39, 0.29) is 0 Å². The third kappa shape index (κ3) is 2.42. The predicted molar refractivity (Wildman–Crippen MR) is 94.6 cm³/mol. The number of hydrogen-bond donors (Lipinski definition) is 1. The third-order valence-corrected chi connectivity index (χ3v) is 4.51. The van der Waals surface area contributed by atoms with Crippen molar-refractivity contribution in [2.45, 2.75) is 13.3 Å². The molecule has 2 aromatic heterocycles. The Morgan fingerprint density at radius 1 is 1.17 bits per heavy atom. The summed E-state index contributed by atoms with van der Waals surface area (Å²) in [4.78, 5) is 5.65. The monoisotopic (exact) mass is 315 g/mol. The summed E-state index contributed by atoms with van der Waals surface area (Å²) in [5, 5.41) is 18.2. The van der Waals surface area contributed by atoms with Crippen LogP contribution in [-0.4, -0.2) is 28.3 Å². The molecule has 0 fully saturated rings. The molecule has 0 amide bonds. The van der Waals surface area contributed by atoms with Crippen molar-refractivity contribution in [3.63, 3.8) is 0 Å². The summed E-state index contributed by atoms with van der Waals surface area (Å²) in [6, 6.07) is 14.0. The zero-order valence-electron chi connectivity index (χ0n) is 13.5. The number of H-pyrrole nitrogens is 1. The van der Waals surface area contributed by atoms with Crippen LogP contribution in [0.25, 0.3) is 16.5 Å². The summed E-state index contributed by atoms with van der Waals surface area (Å²) < 4.78 is 0. The van der Waals surface area contributed by atoms with Gasteiger partial charge < -0.3 is 9.88 Å². The number of hydrogen-bond acceptors (Lipinski definition) is 4. The minimum atomic E-state index is 0.349. The number of aryl methyl sites for hydroxylation is 1. The molecule has 4 rings (SSSR count). The van der Waals surface area contributed by atoms with Crippen LogP contribution in [0.1, 0.15) is 23.4 Å². The third-order valence-electron chi connectivity index (χ3n) is 4.51. The number of nitrogens with zero attached hydrogens (tertiary/aromatic N) is 4. The Hall–Kier alpha value is -3.13. The lowest BCUT2D eigenvalue weighted by Crippen LogP contribution is -2.29. The summed E-state index contributed by atoms with van der Waals surface area (Å²) in [5.74, 6) is 0.819. The summed E-state index contributed by atoms with van der Waals surface area (Å²) >= 11 is 0. The van der Waals surface area contributed by atoms with Crippen molar-refractivity contribution < 1.29 is 0 Å². The minimum absolute atomic E-state index is 0.349. The van der Waals surface area contributed by atoms with Crippen LogP contribution in [0, 0.1) is 18.3 Å². The van der Waals surface area contributed by atoms with E-state index in [0.717, 1.165) is 25.3 Å². The highest BCUT2D eigenvalue weighted by Gasteiger charge is 2.18. The van der Waals surface area contributed by atoms with Gasteiger partial charge in [0.2, 0.25) is 0 Å². The van der Waals surface area contributed by atoms with E-state index in [1.165, 1.54) is 27.7 Å². The van der Waals surface area contributed by atoms with Gasteiger partial charge in [-0.15, -0.1) is 10.2 Å². The van der Waals surface area contributed by atoms with Crippen LogP contribution in [0.2, 0.25) is 0 Å². The Kier molecular flexibility index (Phi) is 3.51. The summed E-state index contributed by atoms with van der Waals surface area (Å²) in [5.41, 5.74) is 5.46.